The summed E-state index contributed by atoms with van der Waals surface area (Å²) in [6, 6.07) is 24.0. The van der Waals surface area contributed by atoms with Crippen molar-refractivity contribution in [2.75, 3.05) is 58.5 Å². The molecule has 11 rings (SSSR count). The molecule has 3 aliphatic carbocycles. The molecule has 3 saturated carbocycles. The number of rotatable bonds is 12. The van der Waals surface area contributed by atoms with Crippen molar-refractivity contribution in [1.82, 2.24) is 20.4 Å². The number of piperidine rings is 1. The first-order valence-electron chi connectivity index (χ1n) is 25.1. The largest absolute Gasteiger partial charge is 0.497 e. The summed E-state index contributed by atoms with van der Waals surface area (Å²) in [7, 11) is 1.51. The smallest absolute Gasteiger partial charge is 0.251 e. The first-order chi connectivity index (χ1) is 34.2. The first kappa shape index (κ1) is 49.7. The lowest BCUT2D eigenvalue weighted by Gasteiger charge is -2.61. The number of ketones is 1. The number of aliphatic imine (C=N–C) groups is 1. The number of fused-ring (bicyclic) bond motifs is 4. The average Bonchev–Trinajstić information content (AvgIpc) is 3.83. The summed E-state index contributed by atoms with van der Waals surface area (Å²) in [6.07, 6.45) is 5.00. The minimum Gasteiger partial charge on any atom is -0.497 e. The van der Waals surface area contributed by atoms with Crippen molar-refractivity contribution in [3.05, 3.63) is 129 Å². The van der Waals surface area contributed by atoms with Gasteiger partial charge in [-0.1, -0.05) is 32.9 Å². The van der Waals surface area contributed by atoms with Crippen molar-refractivity contribution in [1.29, 1.82) is 0 Å². The lowest BCUT2D eigenvalue weighted by molar-refractivity contribution is -0.108. The van der Waals surface area contributed by atoms with Gasteiger partial charge < -0.3 is 39.5 Å². The Labute approximate surface area is 414 Å². The van der Waals surface area contributed by atoms with Crippen LogP contribution in [0.15, 0.2) is 99.1 Å². The van der Waals surface area contributed by atoms with Gasteiger partial charge in [-0.3, -0.25) is 19.3 Å². The van der Waals surface area contributed by atoms with Crippen LogP contribution in [0.4, 0.5) is 14.5 Å². The lowest BCUT2D eigenvalue weighted by Crippen LogP contribution is -2.57. The number of nitrogens with zero attached hydrogens (tertiary/aromatic N) is 3. The number of guanidine groups is 1. The number of anilines is 1. The number of carbonyl (C=O) groups is 2. The SMILES string of the molecule is COc1ccc(CCNC(=O)c2ccc(NC(=NC3C[C@H]4C[C@@H]([C@@H]3C)C4(C)C)N3CCN[C@@H](C)C3)cc2)c(F)c1.O=C(CC1CCN(Cc2ccc3c(c2)OCO3)CC1)c1cc(=O)c2ccc(F)cc2o1. The van der Waals surface area contributed by atoms with Gasteiger partial charge in [0.1, 0.15) is 23.0 Å². The predicted molar refractivity (Wildman–Crippen MR) is 270 cm³/mol. The maximum absolute atomic E-state index is 14.2. The quantitative estimate of drug-likeness (QED) is 0.0625. The van der Waals surface area contributed by atoms with Crippen molar-refractivity contribution in [3.63, 3.8) is 0 Å². The fourth-order valence-electron chi connectivity index (χ4n) is 11.1. The van der Waals surface area contributed by atoms with Gasteiger partial charge in [-0.25, -0.2) is 13.8 Å². The number of hydrogen-bond donors (Lipinski definition) is 3. The van der Waals surface area contributed by atoms with Gasteiger partial charge in [0.15, 0.2) is 34.4 Å². The maximum atomic E-state index is 14.2. The minimum absolute atomic E-state index is 0.00545. The van der Waals surface area contributed by atoms with Crippen LogP contribution in [0.1, 0.15) is 91.8 Å². The lowest BCUT2D eigenvalue weighted by atomic mass is 9.45. The van der Waals surface area contributed by atoms with E-state index in [2.05, 4.69) is 53.4 Å². The topological polar surface area (TPSA) is 147 Å². The second-order valence-electron chi connectivity index (χ2n) is 20.6. The maximum Gasteiger partial charge on any atom is 0.251 e. The third-order valence-electron chi connectivity index (χ3n) is 15.6. The molecule has 1 aromatic heterocycles. The molecule has 15 heteroatoms. The number of amides is 1. The molecule has 13 nitrogen and oxygen atoms in total. The summed E-state index contributed by atoms with van der Waals surface area (Å²) in [6.45, 7) is 15.4. The van der Waals surface area contributed by atoms with Crippen molar-refractivity contribution in [2.24, 2.45) is 34.1 Å². The highest BCUT2D eigenvalue weighted by Crippen LogP contribution is 2.61. The molecule has 71 heavy (non-hydrogen) atoms. The van der Waals surface area contributed by atoms with Gasteiger partial charge in [0.2, 0.25) is 6.79 Å². The van der Waals surface area contributed by atoms with Gasteiger partial charge in [-0.15, -0.1) is 0 Å². The number of methoxy groups -OCH3 is 1. The van der Waals surface area contributed by atoms with E-state index < -0.39 is 5.82 Å². The highest BCUT2D eigenvalue weighted by Gasteiger charge is 2.56. The van der Waals surface area contributed by atoms with Gasteiger partial charge in [0.05, 0.1) is 18.5 Å². The van der Waals surface area contributed by atoms with E-state index in [1.165, 1.54) is 43.4 Å². The summed E-state index contributed by atoms with van der Waals surface area (Å²) in [5.41, 5.74) is 3.40. The van der Waals surface area contributed by atoms with Crippen LogP contribution >= 0.6 is 0 Å². The van der Waals surface area contributed by atoms with E-state index in [4.69, 9.17) is 23.6 Å². The Bertz CT molecular complexity index is 2810. The zero-order chi connectivity index (χ0) is 49.8. The van der Waals surface area contributed by atoms with Crippen LogP contribution in [0, 0.1) is 40.7 Å². The normalized spacial score (nSPS) is 22.8. The van der Waals surface area contributed by atoms with E-state index in [-0.39, 0.29) is 52.4 Å². The standard InChI is InChI=1S/C32H44FN5O2.C24H22FNO5/c1-20-19-38(15-14-34-20)31(37-29-17-24-16-27(21(29)2)32(24,3)4)36-25-9-6-23(7-10-25)30(39)35-13-12-22-8-11-26(40-5)18-28(22)33;25-17-2-3-18-19(27)12-23(31-22(18)11-17)20(28)9-15-5-7-26(8-6-15)13-16-1-4-21-24(10-16)30-14-29-21/h6-11,18,20-21,24,27,29,34H,12-17,19H2,1-5H3,(H,35,39)(H,36,37);1-4,10-12,15H,5-9,13-14H2/t20-,21-,24+,27-,29?;/m0./s1. The fraction of sp³-hybridized carbons (Fsp3) is 0.464. The third kappa shape index (κ3) is 11.6. The zero-order valence-electron chi connectivity index (χ0n) is 41.4. The van der Waals surface area contributed by atoms with Crippen LogP contribution in [0.3, 0.4) is 0 Å². The molecule has 0 radical (unpaired) electrons. The van der Waals surface area contributed by atoms with Crippen LogP contribution in [0.2, 0.25) is 0 Å². The zero-order valence-corrected chi connectivity index (χ0v) is 41.4. The molecule has 5 fully saturated rings. The van der Waals surface area contributed by atoms with Crippen LogP contribution in [0.25, 0.3) is 11.0 Å². The molecule has 2 bridgehead atoms. The number of nitrogens with one attached hydrogen (secondary N) is 3. The average molecular weight is 973 g/mol. The molecular weight excluding hydrogens is 907 g/mol. The Kier molecular flexibility index (Phi) is 15.1. The molecule has 376 valence electrons. The Hall–Kier alpha value is -6.32. The molecule has 4 heterocycles. The summed E-state index contributed by atoms with van der Waals surface area (Å²) in [5.74, 6) is 4.05. The number of hydrogen-bond acceptors (Lipinski definition) is 10. The second-order valence-corrected chi connectivity index (χ2v) is 20.6. The molecule has 3 aliphatic heterocycles. The van der Waals surface area contributed by atoms with Crippen molar-refractivity contribution < 1.29 is 37.0 Å². The van der Waals surface area contributed by atoms with E-state index in [0.29, 0.717) is 59.7 Å². The van der Waals surface area contributed by atoms with Crippen molar-refractivity contribution in [3.8, 4) is 17.2 Å². The number of Topliss-reactive ketones (excluding diaryl/α,β-unsaturated/α-hetero) is 1. The molecule has 2 saturated heterocycles. The summed E-state index contributed by atoms with van der Waals surface area (Å²) < 4.78 is 49.1. The van der Waals surface area contributed by atoms with Gasteiger partial charge in [-0.2, -0.15) is 0 Å². The van der Waals surface area contributed by atoms with E-state index in [0.717, 1.165) is 99.6 Å². The molecular formula is C56H66F2N6O7. The van der Waals surface area contributed by atoms with Gasteiger partial charge in [0, 0.05) is 74.6 Å². The Balaban J connectivity index is 0.000000181. The van der Waals surface area contributed by atoms with Crippen molar-refractivity contribution in [2.45, 2.75) is 84.8 Å². The van der Waals surface area contributed by atoms with E-state index in [9.17, 15) is 23.2 Å². The molecule has 5 aromatic rings. The molecule has 4 aromatic carbocycles. The van der Waals surface area contributed by atoms with Gasteiger partial charge in [-0.05, 0) is 147 Å². The van der Waals surface area contributed by atoms with Crippen LogP contribution in [0.5, 0.6) is 17.2 Å². The number of piperazine rings is 1. The Morgan fingerprint density at radius 1 is 0.915 bits per heavy atom. The molecule has 1 unspecified atom stereocenters. The molecule has 0 spiro atoms. The van der Waals surface area contributed by atoms with Crippen LogP contribution in [-0.2, 0) is 13.0 Å². The third-order valence-corrected chi connectivity index (χ3v) is 15.6. The predicted octanol–water partition coefficient (Wildman–Crippen LogP) is 9.08. The number of carbonyl (C=O) groups excluding carboxylic acids is 2. The summed E-state index contributed by atoms with van der Waals surface area (Å²) in [4.78, 5) is 47.7. The number of likely N-dealkylation sites (tertiary alicyclic amines) is 1. The van der Waals surface area contributed by atoms with Crippen LogP contribution in [-0.4, -0.2) is 92.7 Å². The van der Waals surface area contributed by atoms with Crippen molar-refractivity contribution >= 4 is 34.3 Å². The second kappa shape index (κ2) is 21.6. The Morgan fingerprint density at radius 3 is 2.44 bits per heavy atom. The highest BCUT2D eigenvalue weighted by atomic mass is 19.1. The molecule has 1 amide bonds. The highest BCUT2D eigenvalue weighted by molar-refractivity contribution is 5.97. The first-order valence-corrected chi connectivity index (χ1v) is 25.1. The Morgan fingerprint density at radius 2 is 1.70 bits per heavy atom. The molecule has 6 aliphatic rings. The molecule has 5 atom stereocenters. The van der Waals surface area contributed by atoms with E-state index in [1.54, 1.807) is 12.1 Å². The number of halogens is 2. The summed E-state index contributed by atoms with van der Waals surface area (Å²) in [5, 5.41) is 10.3. The summed E-state index contributed by atoms with van der Waals surface area (Å²) >= 11 is 0. The van der Waals surface area contributed by atoms with Gasteiger partial charge >= 0.3 is 0 Å². The van der Waals surface area contributed by atoms with Crippen LogP contribution < -0.4 is 35.6 Å². The fourth-order valence-corrected chi connectivity index (χ4v) is 11.1. The van der Waals surface area contributed by atoms with Gasteiger partial charge in [0.25, 0.3) is 5.91 Å². The molecule has 3 N–H and O–H groups in total. The number of ether oxygens (including phenoxy) is 3. The monoisotopic (exact) mass is 972 g/mol. The minimum atomic E-state index is -0.505. The van der Waals surface area contributed by atoms with E-state index >= 15 is 0 Å². The number of benzene rings is 4. The van der Waals surface area contributed by atoms with E-state index in [1.807, 2.05) is 42.5 Å².